The summed E-state index contributed by atoms with van der Waals surface area (Å²) < 4.78 is 10.7. The van der Waals surface area contributed by atoms with Gasteiger partial charge in [0.15, 0.2) is 11.5 Å². The van der Waals surface area contributed by atoms with Gasteiger partial charge >= 0.3 is 0 Å². The largest absolute Gasteiger partial charge is 0.454 e. The summed E-state index contributed by atoms with van der Waals surface area (Å²) in [5.41, 5.74) is 1.10. The Hall–Kier alpha value is -1.26. The fourth-order valence-electron chi connectivity index (χ4n) is 1.99. The second-order valence-corrected chi connectivity index (χ2v) is 5.54. The molecule has 106 valence electrons. The molecule has 4 heteroatoms. The zero-order valence-corrected chi connectivity index (χ0v) is 11.9. The normalized spacial score (nSPS) is 18.1. The van der Waals surface area contributed by atoms with E-state index in [4.69, 9.17) is 9.47 Å². The summed E-state index contributed by atoms with van der Waals surface area (Å²) in [4.78, 5) is 0. The lowest BCUT2D eigenvalue weighted by Gasteiger charge is -2.28. The average molecular weight is 265 g/mol. The van der Waals surface area contributed by atoms with Crippen LogP contribution in [-0.4, -0.2) is 25.1 Å². The van der Waals surface area contributed by atoms with Gasteiger partial charge in [-0.2, -0.15) is 0 Å². The molecule has 0 amide bonds. The van der Waals surface area contributed by atoms with E-state index in [1.165, 1.54) is 5.56 Å². The highest BCUT2D eigenvalue weighted by atomic mass is 16.7. The van der Waals surface area contributed by atoms with Gasteiger partial charge in [0.2, 0.25) is 6.79 Å². The Morgan fingerprint density at radius 3 is 2.79 bits per heavy atom. The van der Waals surface area contributed by atoms with Crippen LogP contribution >= 0.6 is 0 Å². The first-order valence-electron chi connectivity index (χ1n) is 6.82. The number of rotatable bonds is 6. The summed E-state index contributed by atoms with van der Waals surface area (Å²) in [6.45, 7) is 7.60. The zero-order chi connectivity index (χ0) is 13.9. The minimum absolute atomic E-state index is 0.0649. The topological polar surface area (TPSA) is 50.7 Å². The van der Waals surface area contributed by atoms with Gasteiger partial charge in [0.1, 0.15) is 0 Å². The molecule has 2 unspecified atom stereocenters. The molecule has 0 fully saturated rings. The number of benzene rings is 1. The first-order chi connectivity index (χ1) is 9.08. The summed E-state index contributed by atoms with van der Waals surface area (Å²) >= 11 is 0. The van der Waals surface area contributed by atoms with Gasteiger partial charge in [-0.05, 0) is 31.0 Å². The van der Waals surface area contributed by atoms with E-state index in [2.05, 4.69) is 26.1 Å². The Labute approximate surface area is 114 Å². The zero-order valence-electron chi connectivity index (χ0n) is 11.9. The summed E-state index contributed by atoms with van der Waals surface area (Å²) in [6.07, 6.45) is 0.949. The number of hydrogen-bond acceptors (Lipinski definition) is 4. The van der Waals surface area contributed by atoms with Crippen molar-refractivity contribution in [2.75, 3.05) is 19.9 Å². The van der Waals surface area contributed by atoms with Gasteiger partial charge in [0.05, 0.1) is 0 Å². The first kappa shape index (κ1) is 14.2. The molecule has 4 nitrogen and oxygen atoms in total. The van der Waals surface area contributed by atoms with Crippen molar-refractivity contribution in [2.45, 2.75) is 33.2 Å². The molecule has 1 aliphatic rings. The number of nitrogens with one attached hydrogen (secondary N) is 1. The molecule has 0 saturated heterocycles. The summed E-state index contributed by atoms with van der Waals surface area (Å²) in [5.74, 6) is 1.62. The third kappa shape index (κ3) is 3.19. The number of fused-ring (bicyclic) bond motifs is 1. The molecule has 0 spiro atoms. The molecule has 1 aromatic carbocycles. The van der Waals surface area contributed by atoms with Crippen LogP contribution in [-0.2, 0) is 0 Å². The monoisotopic (exact) mass is 265 g/mol. The van der Waals surface area contributed by atoms with E-state index in [1.807, 2.05) is 18.2 Å². The van der Waals surface area contributed by atoms with Crippen molar-refractivity contribution in [1.29, 1.82) is 0 Å². The van der Waals surface area contributed by atoms with Crippen molar-refractivity contribution in [2.24, 2.45) is 5.41 Å². The molecule has 1 heterocycles. The Bertz CT molecular complexity index is 429. The van der Waals surface area contributed by atoms with Crippen molar-refractivity contribution >= 4 is 0 Å². The number of aliphatic hydroxyl groups is 1. The van der Waals surface area contributed by atoms with Crippen molar-refractivity contribution in [3.8, 4) is 11.5 Å². The lowest BCUT2D eigenvalue weighted by atomic mass is 9.88. The Morgan fingerprint density at radius 2 is 2.11 bits per heavy atom. The SMILES string of the molecule is CCC(C)(CO)CNC(C)c1ccc2c(c1)OCO2. The predicted octanol–water partition coefficient (Wildman–Crippen LogP) is 2.47. The van der Waals surface area contributed by atoms with E-state index >= 15 is 0 Å². The van der Waals surface area contributed by atoms with E-state index < -0.39 is 0 Å². The third-order valence-electron chi connectivity index (χ3n) is 3.97. The van der Waals surface area contributed by atoms with E-state index in [1.54, 1.807) is 0 Å². The first-order valence-corrected chi connectivity index (χ1v) is 6.82. The molecule has 2 atom stereocenters. The summed E-state index contributed by atoms with van der Waals surface area (Å²) in [7, 11) is 0. The van der Waals surface area contributed by atoms with Gasteiger partial charge in [0, 0.05) is 24.6 Å². The van der Waals surface area contributed by atoms with Crippen molar-refractivity contribution in [1.82, 2.24) is 5.32 Å². The lowest BCUT2D eigenvalue weighted by Crippen LogP contribution is -2.35. The number of ether oxygens (including phenoxy) is 2. The average Bonchev–Trinajstić information content (AvgIpc) is 2.91. The van der Waals surface area contributed by atoms with Crippen LogP contribution < -0.4 is 14.8 Å². The van der Waals surface area contributed by atoms with Crippen LogP contribution in [0.3, 0.4) is 0 Å². The van der Waals surface area contributed by atoms with E-state index in [0.29, 0.717) is 6.79 Å². The van der Waals surface area contributed by atoms with Gasteiger partial charge < -0.3 is 19.9 Å². The van der Waals surface area contributed by atoms with E-state index in [0.717, 1.165) is 24.5 Å². The van der Waals surface area contributed by atoms with Gasteiger partial charge in [-0.3, -0.25) is 0 Å². The van der Waals surface area contributed by atoms with Crippen molar-refractivity contribution in [3.05, 3.63) is 23.8 Å². The number of hydrogen-bond donors (Lipinski definition) is 2. The van der Waals surface area contributed by atoms with E-state index in [-0.39, 0.29) is 18.1 Å². The number of aliphatic hydroxyl groups excluding tert-OH is 1. The molecule has 0 bridgehead atoms. The second kappa shape index (κ2) is 5.80. The van der Waals surface area contributed by atoms with Crippen LogP contribution in [0.2, 0.25) is 0 Å². The van der Waals surface area contributed by atoms with Crippen LogP contribution in [0.1, 0.15) is 38.8 Å². The van der Waals surface area contributed by atoms with Crippen molar-refractivity contribution < 1.29 is 14.6 Å². The van der Waals surface area contributed by atoms with Crippen LogP contribution in [0.4, 0.5) is 0 Å². The molecular weight excluding hydrogens is 242 g/mol. The minimum atomic E-state index is -0.0649. The Morgan fingerprint density at radius 1 is 1.37 bits per heavy atom. The molecule has 0 radical (unpaired) electrons. The molecule has 19 heavy (non-hydrogen) atoms. The Kier molecular flexibility index (Phi) is 4.32. The maximum atomic E-state index is 9.42. The van der Waals surface area contributed by atoms with Gasteiger partial charge in [0.25, 0.3) is 0 Å². The minimum Gasteiger partial charge on any atom is -0.454 e. The quantitative estimate of drug-likeness (QED) is 0.829. The highest BCUT2D eigenvalue weighted by molar-refractivity contribution is 5.45. The van der Waals surface area contributed by atoms with Gasteiger partial charge in [-0.1, -0.05) is 19.9 Å². The lowest BCUT2D eigenvalue weighted by molar-refractivity contribution is 0.132. The summed E-state index contributed by atoms with van der Waals surface area (Å²) in [5, 5.41) is 12.9. The third-order valence-corrected chi connectivity index (χ3v) is 3.97. The second-order valence-electron chi connectivity index (χ2n) is 5.54. The molecule has 1 aromatic rings. The Balaban J connectivity index is 1.98. The molecule has 0 saturated carbocycles. The fourth-order valence-corrected chi connectivity index (χ4v) is 1.99. The van der Waals surface area contributed by atoms with Crippen LogP contribution in [0.5, 0.6) is 11.5 Å². The van der Waals surface area contributed by atoms with Gasteiger partial charge in [-0.15, -0.1) is 0 Å². The highest BCUT2D eigenvalue weighted by Gasteiger charge is 2.22. The van der Waals surface area contributed by atoms with Crippen LogP contribution in [0.25, 0.3) is 0 Å². The maximum Gasteiger partial charge on any atom is 0.231 e. The van der Waals surface area contributed by atoms with Crippen LogP contribution in [0, 0.1) is 5.41 Å². The summed E-state index contributed by atoms with van der Waals surface area (Å²) in [6, 6.07) is 6.23. The smallest absolute Gasteiger partial charge is 0.231 e. The molecule has 1 aliphatic heterocycles. The fraction of sp³-hybridized carbons (Fsp3) is 0.600. The molecule has 0 aromatic heterocycles. The van der Waals surface area contributed by atoms with Crippen molar-refractivity contribution in [3.63, 3.8) is 0 Å². The van der Waals surface area contributed by atoms with Crippen LogP contribution in [0.15, 0.2) is 18.2 Å². The van der Waals surface area contributed by atoms with E-state index in [9.17, 15) is 5.11 Å². The predicted molar refractivity (Wildman–Crippen MR) is 74.5 cm³/mol. The molecular formula is C15H23NO3. The molecule has 2 rings (SSSR count). The highest BCUT2D eigenvalue weighted by Crippen LogP contribution is 2.34. The van der Waals surface area contributed by atoms with Gasteiger partial charge in [-0.25, -0.2) is 0 Å². The molecule has 2 N–H and O–H groups in total. The molecule has 0 aliphatic carbocycles. The standard InChI is InChI=1S/C15H23NO3/c1-4-15(3,9-17)8-16-11(2)12-5-6-13-14(7-12)19-10-18-13/h5-7,11,16-17H,4,8-10H2,1-3H3. The maximum absolute atomic E-state index is 9.42.